The molecule has 2 aromatic rings. The lowest BCUT2D eigenvalue weighted by Crippen LogP contribution is -1.91. The van der Waals surface area contributed by atoms with Crippen molar-refractivity contribution in [2.45, 2.75) is 13.8 Å². The summed E-state index contributed by atoms with van der Waals surface area (Å²) in [7, 11) is 0. The maximum Gasteiger partial charge on any atom is 0.290 e. The van der Waals surface area contributed by atoms with Crippen LogP contribution in [0.1, 0.15) is 30.5 Å². The van der Waals surface area contributed by atoms with Gasteiger partial charge in [0.25, 0.3) is 6.21 Å². The van der Waals surface area contributed by atoms with E-state index >= 15 is 0 Å². The molecule has 0 unspecified atom stereocenters. The van der Waals surface area contributed by atoms with Crippen molar-refractivity contribution in [3.63, 3.8) is 0 Å². The lowest BCUT2D eigenvalue weighted by molar-refractivity contribution is 1.42. The Hall–Kier alpha value is -2.37. The second kappa shape index (κ2) is 6.53. The van der Waals surface area contributed by atoms with E-state index in [1.807, 2.05) is 48.7 Å². The predicted octanol–water partition coefficient (Wildman–Crippen LogP) is 3.59. The Morgan fingerprint density at radius 3 is 2.21 bits per heavy atom. The largest absolute Gasteiger partial charge is 0.290 e. The Morgan fingerprint density at radius 1 is 0.895 bits per heavy atom. The highest BCUT2D eigenvalue weighted by molar-refractivity contribution is 5.89. The molecule has 0 saturated carbocycles. The average molecular weight is 247 g/mol. The molecular weight excluding hydrogens is 230 g/mol. The minimum absolute atomic E-state index is 0.985. The zero-order valence-electron chi connectivity index (χ0n) is 11.3. The van der Waals surface area contributed by atoms with E-state index in [2.05, 4.69) is 42.9 Å². The van der Waals surface area contributed by atoms with E-state index in [-0.39, 0.29) is 0 Å². The molecule has 0 heterocycles. The highest BCUT2D eigenvalue weighted by atomic mass is 14.5. The van der Waals surface area contributed by atoms with Crippen molar-refractivity contribution < 1.29 is 0 Å². The second-order valence-corrected chi connectivity index (χ2v) is 4.59. The molecule has 0 N–H and O–H groups in total. The van der Waals surface area contributed by atoms with Crippen LogP contribution in [-0.2, 0) is 0 Å². The zero-order chi connectivity index (χ0) is 13.5. The third-order valence-corrected chi connectivity index (χ3v) is 2.61. The zero-order valence-corrected chi connectivity index (χ0v) is 11.3. The van der Waals surface area contributed by atoms with E-state index in [1.165, 1.54) is 11.1 Å². The summed E-state index contributed by atoms with van der Waals surface area (Å²) in [5.41, 5.74) is 4.54. The van der Waals surface area contributed by atoms with Gasteiger partial charge in [-0.1, -0.05) is 47.5 Å². The fourth-order valence-corrected chi connectivity index (χ4v) is 1.76. The van der Waals surface area contributed by atoms with Crippen LogP contribution in [0.5, 0.6) is 0 Å². The Bertz CT molecular complexity index is 626. The average Bonchev–Trinajstić information content (AvgIpc) is 2.41. The van der Waals surface area contributed by atoms with Crippen molar-refractivity contribution in [3.05, 3.63) is 76.9 Å². The number of hydrogen-bond acceptors (Lipinski definition) is 0. The Morgan fingerprint density at radius 2 is 1.53 bits per heavy atom. The van der Waals surface area contributed by atoms with Gasteiger partial charge in [0.1, 0.15) is 0 Å². The van der Waals surface area contributed by atoms with Gasteiger partial charge in [0, 0.05) is 5.56 Å². The molecule has 0 bridgehead atoms. The lowest BCUT2D eigenvalue weighted by atomic mass is 10.1. The molecule has 0 aliphatic heterocycles. The minimum atomic E-state index is 0.985. The van der Waals surface area contributed by atoms with Crippen LogP contribution >= 0.6 is 0 Å². The fourth-order valence-electron chi connectivity index (χ4n) is 1.76. The monoisotopic (exact) mass is 247 g/mol. The van der Waals surface area contributed by atoms with Crippen LogP contribution in [0.4, 0.5) is 0 Å². The third kappa shape index (κ3) is 4.09. The minimum Gasteiger partial charge on any atom is -0.187 e. The first-order valence-electron chi connectivity index (χ1n) is 6.34. The van der Waals surface area contributed by atoms with Crippen LogP contribution < -0.4 is 4.67 Å². The van der Waals surface area contributed by atoms with Gasteiger partial charge in [-0.15, -0.1) is 24.3 Å². The van der Waals surface area contributed by atoms with Gasteiger partial charge in [-0.2, -0.15) is 4.67 Å². The molecule has 2 aromatic carbocycles. The topological polar surface area (TPSA) is 14.1 Å². The summed E-state index contributed by atoms with van der Waals surface area (Å²) in [5.74, 6) is 0. The fraction of sp³-hybridized carbons (Fsp3) is 0.111. The van der Waals surface area contributed by atoms with E-state index in [4.69, 9.17) is 0 Å². The summed E-state index contributed by atoms with van der Waals surface area (Å²) in [6.45, 7) is 4.19. The molecule has 0 aromatic heterocycles. The quantitative estimate of drug-likeness (QED) is 0.447. The Labute approximate surface area is 114 Å². The molecule has 0 atom stereocenters. The van der Waals surface area contributed by atoms with Crippen molar-refractivity contribution in [1.29, 1.82) is 0 Å². The van der Waals surface area contributed by atoms with Gasteiger partial charge in [-0.05, 0) is 19.4 Å². The van der Waals surface area contributed by atoms with Gasteiger partial charge < -0.3 is 0 Å². The molecule has 0 radical (unpaired) electrons. The van der Waals surface area contributed by atoms with E-state index in [0.717, 1.165) is 11.1 Å². The first-order chi connectivity index (χ1) is 9.25. The molecule has 0 amide bonds. The summed E-state index contributed by atoms with van der Waals surface area (Å²) >= 11 is 0. The second-order valence-electron chi connectivity index (χ2n) is 4.59. The molecule has 0 fully saturated rings. The number of hydrogen-bond donors (Lipinski definition) is 0. The summed E-state index contributed by atoms with van der Waals surface area (Å²) < 4.78 is 4.28. The molecule has 2 rings (SSSR count). The van der Waals surface area contributed by atoms with Crippen LogP contribution in [0.2, 0.25) is 0 Å². The standard InChI is InChI=1S/C18H17N/c1-15(2)12-17-10-6-7-11-18(17)14-19-13-16-8-4-3-5-9-16/h3-12,14H,1-2H3. The van der Waals surface area contributed by atoms with Crippen LogP contribution in [-0.4, -0.2) is 12.4 Å². The van der Waals surface area contributed by atoms with Crippen LogP contribution in [0.15, 0.2) is 60.2 Å². The Kier molecular flexibility index (Phi) is 4.49. The molecular formula is C18H17N. The molecule has 0 aliphatic carbocycles. The smallest absolute Gasteiger partial charge is 0.187 e. The van der Waals surface area contributed by atoms with Gasteiger partial charge in [0.05, 0.1) is 0 Å². The Balaban J connectivity index is 2.29. The van der Waals surface area contributed by atoms with Crippen molar-refractivity contribution in [1.82, 2.24) is 4.67 Å². The molecule has 0 aliphatic rings. The molecule has 19 heavy (non-hydrogen) atoms. The number of benzene rings is 2. The van der Waals surface area contributed by atoms with E-state index in [0.29, 0.717) is 0 Å². The molecule has 1 nitrogen and oxygen atoms in total. The summed E-state index contributed by atoms with van der Waals surface area (Å²) in [5, 5.41) is 0. The van der Waals surface area contributed by atoms with E-state index < -0.39 is 0 Å². The number of rotatable bonds is 3. The summed E-state index contributed by atoms with van der Waals surface area (Å²) in [6.07, 6.45) is 7.03. The highest BCUT2D eigenvalue weighted by Gasteiger charge is 1.97. The van der Waals surface area contributed by atoms with Crippen molar-refractivity contribution in [2.75, 3.05) is 0 Å². The lowest BCUT2D eigenvalue weighted by Gasteiger charge is -1.98. The molecule has 0 spiro atoms. The van der Waals surface area contributed by atoms with Crippen LogP contribution in [0.3, 0.4) is 0 Å². The summed E-state index contributed by atoms with van der Waals surface area (Å²) in [6, 6.07) is 18.1. The van der Waals surface area contributed by atoms with E-state index in [1.54, 1.807) is 0 Å². The normalized spacial score (nSPS) is 9.37. The van der Waals surface area contributed by atoms with Crippen molar-refractivity contribution in [2.24, 2.45) is 0 Å². The third-order valence-electron chi connectivity index (χ3n) is 2.61. The first-order valence-corrected chi connectivity index (χ1v) is 6.34. The molecule has 1 heteroatoms. The van der Waals surface area contributed by atoms with Crippen LogP contribution in [0.25, 0.3) is 6.08 Å². The van der Waals surface area contributed by atoms with Crippen molar-refractivity contribution >= 4 is 18.5 Å². The van der Waals surface area contributed by atoms with Gasteiger partial charge in [0.2, 0.25) is 6.21 Å². The van der Waals surface area contributed by atoms with Gasteiger partial charge in [-0.25, -0.2) is 0 Å². The summed E-state index contributed by atoms with van der Waals surface area (Å²) in [4.78, 5) is 0. The number of nitrogens with zero attached hydrogens (tertiary/aromatic N) is 1. The van der Waals surface area contributed by atoms with Gasteiger partial charge >= 0.3 is 0 Å². The highest BCUT2D eigenvalue weighted by Crippen LogP contribution is 2.10. The van der Waals surface area contributed by atoms with Crippen molar-refractivity contribution in [3.8, 4) is 0 Å². The predicted molar refractivity (Wildman–Crippen MR) is 83.6 cm³/mol. The first kappa shape index (κ1) is 13.1. The van der Waals surface area contributed by atoms with E-state index in [9.17, 15) is 0 Å². The van der Waals surface area contributed by atoms with Gasteiger partial charge in [0.15, 0.2) is 0 Å². The molecule has 94 valence electrons. The maximum absolute atomic E-state index is 4.28. The van der Waals surface area contributed by atoms with Gasteiger partial charge in [-0.3, -0.25) is 0 Å². The van der Waals surface area contributed by atoms with Crippen LogP contribution in [0, 0.1) is 0 Å². The maximum atomic E-state index is 4.28. The SMILES string of the molecule is CC(C)=Cc1ccccc1C=[N+]=[C-]c1ccccc1. The number of allylic oxidation sites excluding steroid dienone is 1. The molecule has 0 saturated heterocycles.